The van der Waals surface area contributed by atoms with Crippen LogP contribution in [0.25, 0.3) is 0 Å². The first-order valence-electron chi connectivity index (χ1n) is 4.33. The minimum atomic E-state index is 0.00687. The highest BCUT2D eigenvalue weighted by Gasteiger charge is 2.37. The molecule has 0 amide bonds. The summed E-state index contributed by atoms with van der Waals surface area (Å²) in [5.74, 6) is 0. The van der Waals surface area contributed by atoms with Crippen LogP contribution in [0, 0.1) is 0 Å². The second-order valence-corrected chi connectivity index (χ2v) is 5.41. The van der Waals surface area contributed by atoms with Crippen molar-refractivity contribution >= 4 is 22.6 Å². The maximum absolute atomic E-state index is 5.95. The highest BCUT2D eigenvalue weighted by molar-refractivity contribution is 14.1. The van der Waals surface area contributed by atoms with Crippen molar-refractivity contribution in [1.29, 1.82) is 0 Å². The van der Waals surface area contributed by atoms with Gasteiger partial charge in [-0.1, -0.05) is 22.6 Å². The van der Waals surface area contributed by atoms with Crippen molar-refractivity contribution in [2.45, 2.75) is 38.9 Å². The van der Waals surface area contributed by atoms with Crippen LogP contribution in [0.5, 0.6) is 0 Å². The molecule has 0 aromatic carbocycles. The Labute approximate surface area is 88.8 Å². The van der Waals surface area contributed by atoms with Gasteiger partial charge in [0.05, 0.1) is 15.8 Å². The van der Waals surface area contributed by atoms with Gasteiger partial charge in [-0.3, -0.25) is 4.90 Å². The van der Waals surface area contributed by atoms with Crippen LogP contribution < -0.4 is 0 Å². The molecule has 0 spiro atoms. The average Bonchev–Trinajstić information content (AvgIpc) is 1.80. The van der Waals surface area contributed by atoms with Gasteiger partial charge in [-0.2, -0.15) is 0 Å². The molecule has 0 aromatic rings. The molecule has 72 valence electrons. The lowest BCUT2D eigenvalue weighted by Crippen LogP contribution is -2.56. The summed E-state index contributed by atoms with van der Waals surface area (Å²) in [7, 11) is 0. The molecule has 0 aromatic heterocycles. The zero-order chi connectivity index (χ0) is 9.41. The van der Waals surface area contributed by atoms with Gasteiger partial charge in [-0.05, 0) is 27.7 Å². The summed E-state index contributed by atoms with van der Waals surface area (Å²) >= 11 is 2.41. The average molecular weight is 283 g/mol. The number of ether oxygens (including phenoxy) is 1. The van der Waals surface area contributed by atoms with Gasteiger partial charge in [0.25, 0.3) is 0 Å². The van der Waals surface area contributed by atoms with Gasteiger partial charge in [-0.15, -0.1) is 0 Å². The molecule has 1 aliphatic heterocycles. The lowest BCUT2D eigenvalue weighted by Gasteiger charge is -2.46. The fourth-order valence-corrected chi connectivity index (χ4v) is 2.51. The molecule has 0 atom stereocenters. The molecule has 1 fully saturated rings. The van der Waals surface area contributed by atoms with Crippen LogP contribution >= 0.6 is 22.6 Å². The van der Waals surface area contributed by atoms with E-state index in [2.05, 4.69) is 55.2 Å². The summed E-state index contributed by atoms with van der Waals surface area (Å²) in [6, 6.07) is 0. The Bertz CT molecular complexity index is 152. The Kier molecular flexibility index (Phi) is 3.06. The normalized spacial score (nSPS) is 28.8. The third-order valence-corrected chi connectivity index (χ3v) is 2.90. The second kappa shape index (κ2) is 3.42. The van der Waals surface area contributed by atoms with Gasteiger partial charge < -0.3 is 4.74 Å². The standard InChI is InChI=1S/C9H18INO/c1-8(2)5-11(7-10)6-9(3,4)12-8/h5-7H2,1-4H3. The molecule has 3 heteroatoms. The molecule has 1 saturated heterocycles. The quantitative estimate of drug-likeness (QED) is 0.416. The van der Waals surface area contributed by atoms with E-state index in [1.807, 2.05) is 0 Å². The molecule has 0 saturated carbocycles. The van der Waals surface area contributed by atoms with Crippen LogP contribution in [0.2, 0.25) is 0 Å². The van der Waals surface area contributed by atoms with E-state index < -0.39 is 0 Å². The predicted molar refractivity (Wildman–Crippen MR) is 59.7 cm³/mol. The van der Waals surface area contributed by atoms with E-state index in [0.717, 1.165) is 17.6 Å². The van der Waals surface area contributed by atoms with Crippen LogP contribution in [-0.2, 0) is 4.74 Å². The van der Waals surface area contributed by atoms with E-state index in [1.165, 1.54) is 0 Å². The Hall–Kier alpha value is 0.650. The van der Waals surface area contributed by atoms with E-state index in [1.54, 1.807) is 0 Å². The number of hydrogen-bond acceptors (Lipinski definition) is 2. The maximum Gasteiger partial charge on any atom is 0.0761 e. The molecular weight excluding hydrogens is 265 g/mol. The summed E-state index contributed by atoms with van der Waals surface area (Å²) in [5.41, 5.74) is 0.0137. The summed E-state index contributed by atoms with van der Waals surface area (Å²) in [4.78, 5) is 2.43. The molecule has 1 rings (SSSR count). The summed E-state index contributed by atoms with van der Waals surface area (Å²) in [6.07, 6.45) is 0. The van der Waals surface area contributed by atoms with Gasteiger partial charge in [-0.25, -0.2) is 0 Å². The Balaban J connectivity index is 2.66. The Morgan fingerprint density at radius 2 is 1.58 bits per heavy atom. The highest BCUT2D eigenvalue weighted by Crippen LogP contribution is 2.28. The molecule has 1 heterocycles. The fraction of sp³-hybridized carbons (Fsp3) is 1.00. The third kappa shape index (κ3) is 2.85. The van der Waals surface area contributed by atoms with Crippen molar-refractivity contribution in [2.24, 2.45) is 0 Å². The van der Waals surface area contributed by atoms with Crippen molar-refractivity contribution in [2.75, 3.05) is 17.6 Å². The monoisotopic (exact) mass is 283 g/mol. The molecule has 0 N–H and O–H groups in total. The van der Waals surface area contributed by atoms with Gasteiger partial charge in [0.15, 0.2) is 0 Å². The minimum Gasteiger partial charge on any atom is -0.367 e. The Morgan fingerprint density at radius 3 is 1.92 bits per heavy atom. The highest BCUT2D eigenvalue weighted by atomic mass is 127. The van der Waals surface area contributed by atoms with E-state index in [9.17, 15) is 0 Å². The molecule has 12 heavy (non-hydrogen) atoms. The Morgan fingerprint density at radius 1 is 1.17 bits per heavy atom. The van der Waals surface area contributed by atoms with Crippen LogP contribution in [0.4, 0.5) is 0 Å². The third-order valence-electron chi connectivity index (χ3n) is 1.93. The van der Waals surface area contributed by atoms with Crippen molar-refractivity contribution in [3.8, 4) is 0 Å². The lowest BCUT2D eigenvalue weighted by molar-refractivity contribution is -0.176. The van der Waals surface area contributed by atoms with Crippen molar-refractivity contribution in [3.63, 3.8) is 0 Å². The smallest absolute Gasteiger partial charge is 0.0761 e. The molecule has 0 unspecified atom stereocenters. The number of rotatable bonds is 1. The zero-order valence-electron chi connectivity index (χ0n) is 8.35. The van der Waals surface area contributed by atoms with Crippen LogP contribution in [0.1, 0.15) is 27.7 Å². The zero-order valence-corrected chi connectivity index (χ0v) is 10.5. The first-order chi connectivity index (χ1) is 5.35. The van der Waals surface area contributed by atoms with Gasteiger partial charge in [0.2, 0.25) is 0 Å². The van der Waals surface area contributed by atoms with Crippen LogP contribution in [-0.4, -0.2) is 33.7 Å². The summed E-state index contributed by atoms with van der Waals surface area (Å²) in [5, 5.41) is 0. The first kappa shape index (κ1) is 10.7. The van der Waals surface area contributed by atoms with Crippen LogP contribution in [0.3, 0.4) is 0 Å². The summed E-state index contributed by atoms with van der Waals surface area (Å²) in [6.45, 7) is 10.7. The van der Waals surface area contributed by atoms with E-state index in [0.29, 0.717) is 0 Å². The largest absolute Gasteiger partial charge is 0.367 e. The fourth-order valence-electron chi connectivity index (χ4n) is 2.03. The SMILES string of the molecule is CC1(C)CN(CI)CC(C)(C)O1. The maximum atomic E-state index is 5.95. The van der Waals surface area contributed by atoms with Gasteiger partial charge >= 0.3 is 0 Å². The van der Waals surface area contributed by atoms with Crippen molar-refractivity contribution < 1.29 is 4.74 Å². The molecule has 0 bridgehead atoms. The minimum absolute atomic E-state index is 0.00687. The van der Waals surface area contributed by atoms with E-state index in [4.69, 9.17) is 4.74 Å². The van der Waals surface area contributed by atoms with Crippen LogP contribution in [0.15, 0.2) is 0 Å². The second-order valence-electron chi connectivity index (χ2n) is 4.73. The molecule has 2 nitrogen and oxygen atoms in total. The molecule has 0 radical (unpaired) electrons. The predicted octanol–water partition coefficient (Wildman–Crippen LogP) is 2.27. The van der Waals surface area contributed by atoms with Gasteiger partial charge in [0, 0.05) is 13.1 Å². The number of hydrogen-bond donors (Lipinski definition) is 0. The number of nitrogens with zero attached hydrogens (tertiary/aromatic N) is 1. The number of morpholine rings is 1. The topological polar surface area (TPSA) is 12.5 Å². The first-order valence-corrected chi connectivity index (χ1v) is 5.86. The van der Waals surface area contributed by atoms with Crippen molar-refractivity contribution in [1.82, 2.24) is 4.90 Å². The molecule has 1 aliphatic rings. The summed E-state index contributed by atoms with van der Waals surface area (Å²) < 4.78 is 7.04. The number of halogens is 1. The lowest BCUT2D eigenvalue weighted by atomic mass is 10.00. The van der Waals surface area contributed by atoms with E-state index in [-0.39, 0.29) is 11.2 Å². The van der Waals surface area contributed by atoms with Crippen molar-refractivity contribution in [3.05, 3.63) is 0 Å². The molecule has 0 aliphatic carbocycles. The number of alkyl halides is 1. The molecular formula is C9H18INO. The van der Waals surface area contributed by atoms with E-state index >= 15 is 0 Å². The van der Waals surface area contributed by atoms with Gasteiger partial charge in [0.1, 0.15) is 0 Å².